The Morgan fingerprint density at radius 2 is 2.26 bits per heavy atom. The Morgan fingerprint density at radius 3 is 3.00 bits per heavy atom. The molecule has 4 rings (SSSR count). The summed E-state index contributed by atoms with van der Waals surface area (Å²) >= 11 is 0. The summed E-state index contributed by atoms with van der Waals surface area (Å²) in [5, 5.41) is 20.3. The van der Waals surface area contributed by atoms with Gasteiger partial charge in [0.2, 0.25) is 0 Å². The number of nitrogens with zero attached hydrogens (tertiary/aromatic N) is 3. The number of nitrogen functional groups attached to an aromatic ring is 1. The van der Waals surface area contributed by atoms with Crippen molar-refractivity contribution in [2.45, 2.75) is 6.54 Å². The maximum absolute atomic E-state index is 12.8. The molecule has 4 N–H and O–H groups in total. The van der Waals surface area contributed by atoms with Gasteiger partial charge in [0.05, 0.1) is 23.7 Å². The number of carbonyl (C=O) groups is 1. The summed E-state index contributed by atoms with van der Waals surface area (Å²) in [5.41, 5.74) is 11.1. The highest BCUT2D eigenvalue weighted by atomic mass is 16.2. The lowest BCUT2D eigenvalue weighted by Gasteiger charge is -2.14. The molecule has 0 saturated heterocycles. The molecule has 2 heterocycles. The molecule has 0 unspecified atom stereocenters. The van der Waals surface area contributed by atoms with E-state index in [0.29, 0.717) is 23.4 Å². The molecule has 1 aliphatic rings. The highest BCUT2D eigenvalue weighted by Gasteiger charge is 2.32. The maximum atomic E-state index is 12.8. The number of amides is 1. The van der Waals surface area contributed by atoms with E-state index in [1.807, 2.05) is 37.4 Å². The number of rotatable bonds is 4. The van der Waals surface area contributed by atoms with Crippen molar-refractivity contribution in [2.75, 3.05) is 24.6 Å². The van der Waals surface area contributed by atoms with E-state index in [2.05, 4.69) is 22.1 Å². The summed E-state index contributed by atoms with van der Waals surface area (Å²) in [5.74, 6) is 0.600. The molecule has 0 saturated carbocycles. The van der Waals surface area contributed by atoms with Crippen molar-refractivity contribution in [3.05, 3.63) is 53.6 Å². The van der Waals surface area contributed by atoms with Crippen LogP contribution in [0.25, 0.3) is 22.0 Å². The quantitative estimate of drug-likeness (QED) is 0.490. The first-order valence-corrected chi connectivity index (χ1v) is 8.48. The summed E-state index contributed by atoms with van der Waals surface area (Å²) in [7, 11) is 1.82. The van der Waals surface area contributed by atoms with Crippen molar-refractivity contribution < 1.29 is 4.79 Å². The lowest BCUT2D eigenvalue weighted by molar-refractivity contribution is 0.0794. The number of hydrogen-bond acceptors (Lipinski definition) is 5. The van der Waals surface area contributed by atoms with E-state index in [-0.39, 0.29) is 12.5 Å². The number of nitrogens with two attached hydrogens (primary N) is 1. The van der Waals surface area contributed by atoms with Crippen LogP contribution in [0, 0.1) is 11.3 Å². The number of carbonyl (C=O) groups excluding carboxylic acids is 1. The average molecular weight is 358 g/mol. The molecule has 7 heteroatoms. The molecule has 7 nitrogen and oxygen atoms in total. The first kappa shape index (κ1) is 16.7. The third-order valence-corrected chi connectivity index (χ3v) is 4.85. The van der Waals surface area contributed by atoms with Crippen LogP contribution in [-0.4, -0.2) is 34.6 Å². The van der Waals surface area contributed by atoms with Gasteiger partial charge < -0.3 is 16.0 Å². The van der Waals surface area contributed by atoms with E-state index in [1.165, 1.54) is 0 Å². The molecule has 1 aromatic heterocycles. The van der Waals surface area contributed by atoms with E-state index in [4.69, 9.17) is 11.0 Å². The molecule has 0 spiro atoms. The molecular weight excluding hydrogens is 340 g/mol. The minimum absolute atomic E-state index is 0.166. The average Bonchev–Trinajstić information content (AvgIpc) is 3.23. The monoisotopic (exact) mass is 358 g/mol. The van der Waals surface area contributed by atoms with Crippen LogP contribution in [-0.2, 0) is 6.54 Å². The number of benzene rings is 2. The molecule has 2 aromatic carbocycles. The Balaban J connectivity index is 1.82. The molecule has 0 radical (unpaired) electrons. The fourth-order valence-corrected chi connectivity index (χ4v) is 3.54. The van der Waals surface area contributed by atoms with E-state index >= 15 is 0 Å². The SMILES string of the molecule is C=C(C#N)CN1Cc2c(-c3ccc4[nH]nc(NC)c4c3)ccc(N)c2C1=O. The molecule has 3 aromatic rings. The van der Waals surface area contributed by atoms with Gasteiger partial charge in [-0.15, -0.1) is 0 Å². The minimum Gasteiger partial charge on any atom is -0.398 e. The van der Waals surface area contributed by atoms with Gasteiger partial charge in [0, 0.05) is 30.2 Å². The summed E-state index contributed by atoms with van der Waals surface area (Å²) in [6.07, 6.45) is 0. The Bertz CT molecular complexity index is 1140. The topological polar surface area (TPSA) is 111 Å². The highest BCUT2D eigenvalue weighted by Crippen LogP contribution is 2.37. The second-order valence-electron chi connectivity index (χ2n) is 6.52. The number of fused-ring (bicyclic) bond motifs is 2. The first-order chi connectivity index (χ1) is 13.0. The number of anilines is 2. The summed E-state index contributed by atoms with van der Waals surface area (Å²) < 4.78 is 0. The Kier molecular flexibility index (Phi) is 3.81. The number of nitrogens with one attached hydrogen (secondary N) is 2. The smallest absolute Gasteiger partial charge is 0.256 e. The number of hydrogen-bond donors (Lipinski definition) is 3. The zero-order valence-corrected chi connectivity index (χ0v) is 14.8. The second-order valence-corrected chi connectivity index (χ2v) is 6.52. The highest BCUT2D eigenvalue weighted by molar-refractivity contribution is 6.05. The van der Waals surface area contributed by atoms with Gasteiger partial charge in [0.25, 0.3) is 5.91 Å². The van der Waals surface area contributed by atoms with Crippen molar-refractivity contribution in [2.24, 2.45) is 0 Å². The zero-order chi connectivity index (χ0) is 19.1. The van der Waals surface area contributed by atoms with Crippen molar-refractivity contribution in [3.63, 3.8) is 0 Å². The molecule has 0 atom stereocenters. The van der Waals surface area contributed by atoms with E-state index < -0.39 is 0 Å². The number of aromatic amines is 1. The van der Waals surface area contributed by atoms with Crippen molar-refractivity contribution >= 4 is 28.3 Å². The predicted molar refractivity (Wildman–Crippen MR) is 105 cm³/mol. The summed E-state index contributed by atoms with van der Waals surface area (Å²) in [6.45, 7) is 4.28. The van der Waals surface area contributed by atoms with Gasteiger partial charge in [-0.2, -0.15) is 10.4 Å². The molecule has 134 valence electrons. The maximum Gasteiger partial charge on any atom is 0.256 e. The standard InChI is InChI=1S/C20H18N6O/c1-11(8-21)9-26-10-15-13(4-5-16(22)18(15)20(26)27)12-3-6-17-14(7-12)19(23-2)25-24-17/h3-7H,1,9-10,22H2,2H3,(H2,23,24,25). The van der Waals surface area contributed by atoms with Crippen molar-refractivity contribution in [3.8, 4) is 17.2 Å². The lowest BCUT2D eigenvalue weighted by atomic mass is 9.95. The van der Waals surface area contributed by atoms with Crippen LogP contribution in [0.5, 0.6) is 0 Å². The van der Waals surface area contributed by atoms with Crippen LogP contribution >= 0.6 is 0 Å². The Labute approximate surface area is 156 Å². The summed E-state index contributed by atoms with van der Waals surface area (Å²) in [6, 6.07) is 11.7. The van der Waals surface area contributed by atoms with Gasteiger partial charge >= 0.3 is 0 Å². The first-order valence-electron chi connectivity index (χ1n) is 8.48. The number of aromatic nitrogens is 2. The Hall–Kier alpha value is -3.79. The third-order valence-electron chi connectivity index (χ3n) is 4.85. The van der Waals surface area contributed by atoms with Crippen LogP contribution < -0.4 is 11.1 Å². The molecule has 0 fully saturated rings. The molecule has 1 amide bonds. The number of H-pyrrole nitrogens is 1. The summed E-state index contributed by atoms with van der Waals surface area (Å²) in [4.78, 5) is 14.4. The van der Waals surface area contributed by atoms with Crippen molar-refractivity contribution in [1.29, 1.82) is 5.26 Å². The molecule has 1 aliphatic heterocycles. The normalized spacial score (nSPS) is 12.9. The van der Waals surface area contributed by atoms with Crippen LogP contribution in [0.15, 0.2) is 42.5 Å². The fourth-order valence-electron chi connectivity index (χ4n) is 3.54. The van der Waals surface area contributed by atoms with E-state index in [0.717, 1.165) is 33.4 Å². The van der Waals surface area contributed by atoms with Crippen LogP contribution in [0.4, 0.5) is 11.5 Å². The molecule has 0 aliphatic carbocycles. The van der Waals surface area contributed by atoms with Crippen LogP contribution in [0.3, 0.4) is 0 Å². The van der Waals surface area contributed by atoms with Gasteiger partial charge in [-0.05, 0) is 34.9 Å². The largest absolute Gasteiger partial charge is 0.398 e. The predicted octanol–water partition coefficient (Wildman–Crippen LogP) is 2.89. The van der Waals surface area contributed by atoms with Gasteiger partial charge in [-0.3, -0.25) is 9.89 Å². The van der Waals surface area contributed by atoms with Gasteiger partial charge in [0.1, 0.15) is 0 Å². The third kappa shape index (κ3) is 2.59. The van der Waals surface area contributed by atoms with Crippen molar-refractivity contribution in [1.82, 2.24) is 15.1 Å². The fraction of sp³-hybridized carbons (Fsp3) is 0.150. The van der Waals surface area contributed by atoms with Gasteiger partial charge in [-0.25, -0.2) is 0 Å². The van der Waals surface area contributed by atoms with E-state index in [9.17, 15) is 4.79 Å². The molecule has 27 heavy (non-hydrogen) atoms. The van der Waals surface area contributed by atoms with Crippen LogP contribution in [0.1, 0.15) is 15.9 Å². The molecule has 0 bridgehead atoms. The van der Waals surface area contributed by atoms with Gasteiger partial charge in [-0.1, -0.05) is 18.7 Å². The lowest BCUT2D eigenvalue weighted by Crippen LogP contribution is -2.26. The van der Waals surface area contributed by atoms with Crippen LogP contribution in [0.2, 0.25) is 0 Å². The molecular formula is C20H18N6O. The Morgan fingerprint density at radius 1 is 1.44 bits per heavy atom. The van der Waals surface area contributed by atoms with E-state index in [1.54, 1.807) is 11.0 Å². The minimum atomic E-state index is -0.166. The van der Waals surface area contributed by atoms with Gasteiger partial charge in [0.15, 0.2) is 5.82 Å². The number of nitriles is 1. The zero-order valence-electron chi connectivity index (χ0n) is 14.8. The second kappa shape index (κ2) is 6.18.